The highest BCUT2D eigenvalue weighted by Gasteiger charge is 2.35. The lowest BCUT2D eigenvalue weighted by molar-refractivity contribution is 0.368. The van der Waals surface area contributed by atoms with Crippen LogP contribution in [0.3, 0.4) is 0 Å². The summed E-state index contributed by atoms with van der Waals surface area (Å²) >= 11 is 0. The van der Waals surface area contributed by atoms with Gasteiger partial charge in [-0.05, 0) is 30.1 Å². The molecule has 1 aliphatic rings. The molecule has 0 aromatic carbocycles. The van der Waals surface area contributed by atoms with Gasteiger partial charge in [0.1, 0.15) is 0 Å². The Labute approximate surface area is 70.0 Å². The summed E-state index contributed by atoms with van der Waals surface area (Å²) < 4.78 is 0. The Balaban J connectivity index is 2.69. The fourth-order valence-electron chi connectivity index (χ4n) is 2.18. The predicted octanol–water partition coefficient (Wildman–Crippen LogP) is 3.41. The fourth-order valence-corrected chi connectivity index (χ4v) is 2.18. The van der Waals surface area contributed by atoms with Crippen molar-refractivity contribution in [3.8, 4) is 0 Å². The first-order valence-corrected chi connectivity index (χ1v) is 4.34. The molecule has 1 aliphatic carbocycles. The van der Waals surface area contributed by atoms with Crippen LogP contribution in [0.5, 0.6) is 0 Å². The van der Waals surface area contributed by atoms with Crippen LogP contribution in [0.2, 0.25) is 0 Å². The van der Waals surface area contributed by atoms with Gasteiger partial charge in [-0.25, -0.2) is 0 Å². The fraction of sp³-hybridized carbons (Fsp3) is 0.636. The Morgan fingerprint density at radius 1 is 1.09 bits per heavy atom. The van der Waals surface area contributed by atoms with Crippen molar-refractivity contribution < 1.29 is 0 Å². The lowest BCUT2D eigenvalue weighted by atomic mass is 9.90. The van der Waals surface area contributed by atoms with Crippen LogP contribution < -0.4 is 0 Å². The highest BCUT2D eigenvalue weighted by atomic mass is 14.4. The molecule has 0 aliphatic heterocycles. The minimum absolute atomic E-state index is 0.498. The van der Waals surface area contributed by atoms with Crippen LogP contribution in [0.15, 0.2) is 25.3 Å². The highest BCUT2D eigenvalue weighted by Crippen LogP contribution is 2.45. The Kier molecular flexibility index (Phi) is 2.22. The van der Waals surface area contributed by atoms with Crippen molar-refractivity contribution in [2.24, 2.45) is 17.3 Å². The van der Waals surface area contributed by atoms with E-state index < -0.39 is 0 Å². The Hall–Kier alpha value is -0.520. The van der Waals surface area contributed by atoms with Crippen LogP contribution in [0.25, 0.3) is 0 Å². The van der Waals surface area contributed by atoms with Gasteiger partial charge in [0.2, 0.25) is 0 Å². The van der Waals surface area contributed by atoms with Crippen LogP contribution in [0, 0.1) is 17.3 Å². The summed E-state index contributed by atoms with van der Waals surface area (Å²) in [7, 11) is 0. The largest absolute Gasteiger partial charge is 0.103 e. The molecule has 62 valence electrons. The molecule has 1 saturated carbocycles. The van der Waals surface area contributed by atoms with E-state index in [-0.39, 0.29) is 0 Å². The zero-order valence-electron chi connectivity index (χ0n) is 7.64. The third-order valence-corrected chi connectivity index (χ3v) is 2.73. The highest BCUT2D eigenvalue weighted by molar-refractivity contribution is 5.02. The van der Waals surface area contributed by atoms with Crippen molar-refractivity contribution in [3.63, 3.8) is 0 Å². The molecule has 0 spiro atoms. The number of hydrogen-bond donors (Lipinski definition) is 0. The van der Waals surface area contributed by atoms with Crippen LogP contribution >= 0.6 is 0 Å². The monoisotopic (exact) mass is 150 g/mol. The van der Waals surface area contributed by atoms with E-state index in [0.717, 1.165) is 0 Å². The maximum absolute atomic E-state index is 3.86. The zero-order chi connectivity index (χ0) is 8.48. The van der Waals surface area contributed by atoms with E-state index in [4.69, 9.17) is 0 Å². The molecule has 0 heteroatoms. The van der Waals surface area contributed by atoms with Gasteiger partial charge in [0.25, 0.3) is 0 Å². The average molecular weight is 150 g/mol. The maximum atomic E-state index is 3.86. The summed E-state index contributed by atoms with van der Waals surface area (Å²) in [5, 5.41) is 0. The molecule has 0 nitrogen and oxygen atoms in total. The number of rotatable bonds is 2. The summed E-state index contributed by atoms with van der Waals surface area (Å²) in [5.41, 5.74) is 0.498. The van der Waals surface area contributed by atoms with Crippen LogP contribution in [-0.2, 0) is 0 Å². The van der Waals surface area contributed by atoms with E-state index in [0.29, 0.717) is 17.3 Å². The van der Waals surface area contributed by atoms with Gasteiger partial charge in [-0.3, -0.25) is 0 Å². The Morgan fingerprint density at radius 2 is 1.45 bits per heavy atom. The topological polar surface area (TPSA) is 0 Å². The molecule has 2 unspecified atom stereocenters. The molecule has 0 aromatic heterocycles. The van der Waals surface area contributed by atoms with Gasteiger partial charge in [0.15, 0.2) is 0 Å². The first kappa shape index (κ1) is 8.58. The second-order valence-electron chi connectivity index (χ2n) is 4.37. The second kappa shape index (κ2) is 2.84. The van der Waals surface area contributed by atoms with Gasteiger partial charge in [-0.1, -0.05) is 26.0 Å². The zero-order valence-corrected chi connectivity index (χ0v) is 7.64. The van der Waals surface area contributed by atoms with Crippen molar-refractivity contribution in [2.75, 3.05) is 0 Å². The van der Waals surface area contributed by atoms with Gasteiger partial charge < -0.3 is 0 Å². The van der Waals surface area contributed by atoms with Crippen molar-refractivity contribution in [1.82, 2.24) is 0 Å². The Bertz CT molecular complexity index is 147. The summed E-state index contributed by atoms with van der Waals surface area (Å²) in [4.78, 5) is 0. The van der Waals surface area contributed by atoms with E-state index in [1.807, 2.05) is 0 Å². The molecule has 0 N–H and O–H groups in total. The van der Waals surface area contributed by atoms with Gasteiger partial charge in [0.05, 0.1) is 0 Å². The molecule has 0 heterocycles. The molecule has 0 saturated heterocycles. The number of allylic oxidation sites excluding steroid dienone is 2. The summed E-state index contributed by atoms with van der Waals surface area (Å²) in [5.74, 6) is 1.34. The first-order valence-electron chi connectivity index (χ1n) is 4.34. The minimum atomic E-state index is 0.498. The van der Waals surface area contributed by atoms with E-state index in [1.54, 1.807) is 0 Å². The van der Waals surface area contributed by atoms with Crippen LogP contribution in [0.1, 0.15) is 26.7 Å². The van der Waals surface area contributed by atoms with Gasteiger partial charge in [-0.2, -0.15) is 0 Å². The van der Waals surface area contributed by atoms with Crippen molar-refractivity contribution in [1.29, 1.82) is 0 Å². The Morgan fingerprint density at radius 3 is 1.73 bits per heavy atom. The second-order valence-corrected chi connectivity index (χ2v) is 4.37. The predicted molar refractivity (Wildman–Crippen MR) is 50.4 cm³/mol. The smallest absolute Gasteiger partial charge is 0.0168 e. The lowest BCUT2D eigenvalue weighted by Crippen LogP contribution is -2.04. The number of hydrogen-bond acceptors (Lipinski definition) is 0. The van der Waals surface area contributed by atoms with Crippen molar-refractivity contribution in [3.05, 3.63) is 25.3 Å². The SMILES string of the molecule is C=CC1CC(C)(C)CC1C=C. The summed E-state index contributed by atoms with van der Waals surface area (Å²) in [6.07, 6.45) is 6.71. The molecule has 0 radical (unpaired) electrons. The van der Waals surface area contributed by atoms with E-state index >= 15 is 0 Å². The summed E-state index contributed by atoms with van der Waals surface area (Å²) in [6, 6.07) is 0. The van der Waals surface area contributed by atoms with E-state index in [1.165, 1.54) is 12.8 Å². The molecule has 11 heavy (non-hydrogen) atoms. The minimum Gasteiger partial charge on any atom is -0.103 e. The molecule has 0 amide bonds. The van der Waals surface area contributed by atoms with Gasteiger partial charge in [-0.15, -0.1) is 13.2 Å². The molecule has 1 fully saturated rings. The van der Waals surface area contributed by atoms with E-state index in [2.05, 4.69) is 39.2 Å². The van der Waals surface area contributed by atoms with Crippen molar-refractivity contribution >= 4 is 0 Å². The molecule has 0 aromatic rings. The molecular formula is C11H18. The average Bonchev–Trinajstić information content (AvgIpc) is 2.25. The maximum Gasteiger partial charge on any atom is -0.0168 e. The lowest BCUT2D eigenvalue weighted by Gasteiger charge is -2.15. The van der Waals surface area contributed by atoms with Crippen molar-refractivity contribution in [2.45, 2.75) is 26.7 Å². The van der Waals surface area contributed by atoms with Crippen LogP contribution in [-0.4, -0.2) is 0 Å². The normalized spacial score (nSPS) is 35.1. The van der Waals surface area contributed by atoms with E-state index in [9.17, 15) is 0 Å². The van der Waals surface area contributed by atoms with Crippen LogP contribution in [0.4, 0.5) is 0 Å². The summed E-state index contributed by atoms with van der Waals surface area (Å²) in [6.45, 7) is 12.4. The van der Waals surface area contributed by atoms with Gasteiger partial charge >= 0.3 is 0 Å². The quantitative estimate of drug-likeness (QED) is 0.529. The molecule has 2 atom stereocenters. The third kappa shape index (κ3) is 1.74. The standard InChI is InChI=1S/C11H18/c1-5-9-7-11(3,4)8-10(9)6-2/h5-6,9-10H,1-2,7-8H2,3-4H3. The van der Waals surface area contributed by atoms with Gasteiger partial charge in [0, 0.05) is 0 Å². The first-order chi connectivity index (χ1) is 5.09. The molecular weight excluding hydrogens is 132 g/mol. The molecule has 0 bridgehead atoms. The molecule has 1 rings (SSSR count). The third-order valence-electron chi connectivity index (χ3n) is 2.73.